The highest BCUT2D eigenvalue weighted by atomic mass is 35.5. The van der Waals surface area contributed by atoms with E-state index in [1.165, 1.54) is 6.07 Å². The topological polar surface area (TPSA) is 49.8 Å². The van der Waals surface area contributed by atoms with Crippen LogP contribution in [-0.2, 0) is 0 Å². The molecule has 0 aromatic heterocycles. The van der Waals surface area contributed by atoms with E-state index in [0.717, 1.165) is 0 Å². The van der Waals surface area contributed by atoms with Crippen LogP contribution in [-0.4, -0.2) is 12.2 Å². The van der Waals surface area contributed by atoms with Crippen molar-refractivity contribution < 1.29 is 13.2 Å². The molecule has 0 aliphatic heterocycles. The minimum Gasteiger partial charge on any atom is -0.319 e. The summed E-state index contributed by atoms with van der Waals surface area (Å²) in [6, 6.07) is -0.669. The molecule has 0 rings (SSSR count). The van der Waals surface area contributed by atoms with Gasteiger partial charge in [-0.2, -0.15) is 18.4 Å². The van der Waals surface area contributed by atoms with Crippen molar-refractivity contribution in [1.29, 1.82) is 5.26 Å². The molecule has 2 N–H and O–H groups in total. The molecular weight excluding hydrogens is 169 g/mol. The molecule has 6 heteroatoms. The third-order valence-corrected chi connectivity index (χ3v) is 0.732. The monoisotopic (exact) mass is 174 g/mol. The second-order valence-electron chi connectivity index (χ2n) is 1.51. The zero-order chi connectivity index (χ0) is 7.49. The van der Waals surface area contributed by atoms with Crippen LogP contribution < -0.4 is 5.73 Å². The predicted molar refractivity (Wildman–Crippen MR) is 31.5 cm³/mol. The highest BCUT2D eigenvalue weighted by molar-refractivity contribution is 5.85. The summed E-state index contributed by atoms with van der Waals surface area (Å²) in [6.45, 7) is 0. The van der Waals surface area contributed by atoms with E-state index in [4.69, 9.17) is 5.26 Å². The van der Waals surface area contributed by atoms with Crippen molar-refractivity contribution in [2.24, 2.45) is 5.73 Å². The van der Waals surface area contributed by atoms with Crippen molar-refractivity contribution in [3.63, 3.8) is 0 Å². The van der Waals surface area contributed by atoms with Gasteiger partial charge in [0, 0.05) is 0 Å². The van der Waals surface area contributed by atoms with Gasteiger partial charge in [0.25, 0.3) is 0 Å². The van der Waals surface area contributed by atoms with Crippen LogP contribution in [0, 0.1) is 11.3 Å². The van der Waals surface area contributed by atoms with Crippen LogP contribution in [0.2, 0.25) is 0 Å². The molecule has 0 radical (unpaired) electrons. The van der Waals surface area contributed by atoms with Crippen molar-refractivity contribution in [2.45, 2.75) is 18.6 Å². The first-order chi connectivity index (χ1) is 3.98. The molecule has 0 bridgehead atoms. The van der Waals surface area contributed by atoms with E-state index in [1.54, 1.807) is 0 Å². The Bertz CT molecular complexity index is 127. The van der Waals surface area contributed by atoms with Gasteiger partial charge < -0.3 is 5.73 Å². The Balaban J connectivity index is 0. The molecule has 0 aliphatic rings. The maximum absolute atomic E-state index is 11.4. The van der Waals surface area contributed by atoms with E-state index in [-0.39, 0.29) is 12.4 Å². The number of rotatable bonds is 1. The Morgan fingerprint density at radius 3 is 2.00 bits per heavy atom. The smallest absolute Gasteiger partial charge is 0.319 e. The summed E-state index contributed by atoms with van der Waals surface area (Å²) in [4.78, 5) is 0. The number of nitrogens with two attached hydrogens (primary N) is 1. The summed E-state index contributed by atoms with van der Waals surface area (Å²) < 4.78 is 34.1. The zero-order valence-corrected chi connectivity index (χ0v) is 5.67. The Labute approximate surface area is 62.2 Å². The lowest BCUT2D eigenvalue weighted by Gasteiger charge is -2.10. The van der Waals surface area contributed by atoms with E-state index in [0.29, 0.717) is 0 Å². The SMILES string of the molecule is Cl.N#CC[C@H](N)C(F)(F)F. The highest BCUT2D eigenvalue weighted by Crippen LogP contribution is 2.19. The van der Waals surface area contributed by atoms with Crippen LogP contribution in [0.15, 0.2) is 0 Å². The van der Waals surface area contributed by atoms with Crippen LogP contribution in [0.4, 0.5) is 13.2 Å². The number of alkyl halides is 3. The van der Waals surface area contributed by atoms with Crippen molar-refractivity contribution in [2.75, 3.05) is 0 Å². The van der Waals surface area contributed by atoms with Gasteiger partial charge in [-0.25, -0.2) is 0 Å². The summed E-state index contributed by atoms with van der Waals surface area (Å²) >= 11 is 0. The number of halogens is 4. The molecule has 0 unspecified atom stereocenters. The fourth-order valence-corrected chi connectivity index (χ4v) is 0.214. The van der Waals surface area contributed by atoms with Gasteiger partial charge >= 0.3 is 6.18 Å². The molecule has 0 aliphatic carbocycles. The van der Waals surface area contributed by atoms with Crippen LogP contribution in [0.5, 0.6) is 0 Å². The third kappa shape index (κ3) is 4.41. The molecule has 1 atom stereocenters. The maximum Gasteiger partial charge on any atom is 0.404 e. The van der Waals surface area contributed by atoms with Crippen molar-refractivity contribution in [3.8, 4) is 6.07 Å². The van der Waals surface area contributed by atoms with E-state index in [1.807, 2.05) is 0 Å². The molecule has 0 heterocycles. The van der Waals surface area contributed by atoms with E-state index in [9.17, 15) is 13.2 Å². The third-order valence-electron chi connectivity index (χ3n) is 0.732. The molecule has 0 aromatic carbocycles. The fraction of sp³-hybridized carbons (Fsp3) is 0.750. The van der Waals surface area contributed by atoms with E-state index in [2.05, 4.69) is 5.73 Å². The summed E-state index contributed by atoms with van der Waals surface area (Å²) in [7, 11) is 0. The van der Waals surface area contributed by atoms with E-state index < -0.39 is 18.6 Å². The van der Waals surface area contributed by atoms with Gasteiger partial charge in [0.15, 0.2) is 0 Å². The van der Waals surface area contributed by atoms with Gasteiger partial charge in [0.2, 0.25) is 0 Å². The van der Waals surface area contributed by atoms with E-state index >= 15 is 0 Å². The number of nitrogens with zero attached hydrogens (tertiary/aromatic N) is 1. The number of nitriles is 1. The molecule has 0 spiro atoms. The van der Waals surface area contributed by atoms with Crippen molar-refractivity contribution in [3.05, 3.63) is 0 Å². The number of hydrogen-bond acceptors (Lipinski definition) is 2. The van der Waals surface area contributed by atoms with Crippen LogP contribution in [0.1, 0.15) is 6.42 Å². The molecular formula is C4H6ClF3N2. The molecule has 10 heavy (non-hydrogen) atoms. The maximum atomic E-state index is 11.4. The lowest BCUT2D eigenvalue weighted by molar-refractivity contribution is -0.146. The highest BCUT2D eigenvalue weighted by Gasteiger charge is 2.36. The quantitative estimate of drug-likeness (QED) is 0.650. The molecule has 0 aromatic rings. The molecule has 0 saturated carbocycles. The molecule has 0 fully saturated rings. The predicted octanol–water partition coefficient (Wildman–Crippen LogP) is 1.21. The van der Waals surface area contributed by atoms with Crippen molar-refractivity contribution >= 4 is 12.4 Å². The van der Waals surface area contributed by atoms with Crippen LogP contribution >= 0.6 is 12.4 Å². The van der Waals surface area contributed by atoms with Gasteiger partial charge in [0.05, 0.1) is 12.5 Å². The Kier molecular flexibility index (Phi) is 5.33. The van der Waals surface area contributed by atoms with Gasteiger partial charge in [-0.1, -0.05) is 0 Å². The minimum absolute atomic E-state index is 0. The Hall–Kier alpha value is -0.470. The second-order valence-corrected chi connectivity index (χ2v) is 1.51. The number of hydrogen-bond donors (Lipinski definition) is 1. The first-order valence-corrected chi connectivity index (χ1v) is 2.17. The standard InChI is InChI=1S/C4H5F3N2.ClH/c5-4(6,7)3(9)1-2-8;/h3H,1,9H2;1H/t3-;/m0./s1. The van der Waals surface area contributed by atoms with Gasteiger partial charge in [-0.05, 0) is 0 Å². The molecule has 0 amide bonds. The molecule has 2 nitrogen and oxygen atoms in total. The zero-order valence-electron chi connectivity index (χ0n) is 4.85. The summed E-state index contributed by atoms with van der Waals surface area (Å²) in [5.74, 6) is 0. The molecule has 0 saturated heterocycles. The molecule has 60 valence electrons. The minimum atomic E-state index is -4.43. The summed E-state index contributed by atoms with van der Waals surface area (Å²) in [6.07, 6.45) is -5.11. The van der Waals surface area contributed by atoms with Crippen LogP contribution in [0.25, 0.3) is 0 Å². The first-order valence-electron chi connectivity index (χ1n) is 2.17. The average Bonchev–Trinajstić information content (AvgIpc) is 1.64. The normalized spacial score (nSPS) is 13.1. The summed E-state index contributed by atoms with van der Waals surface area (Å²) in [5.41, 5.74) is 4.51. The van der Waals surface area contributed by atoms with Crippen molar-refractivity contribution in [1.82, 2.24) is 0 Å². The fourth-order valence-electron chi connectivity index (χ4n) is 0.214. The average molecular weight is 175 g/mol. The van der Waals surface area contributed by atoms with Gasteiger partial charge in [-0.3, -0.25) is 0 Å². The summed E-state index contributed by atoms with van der Waals surface area (Å²) in [5, 5.41) is 7.77. The van der Waals surface area contributed by atoms with Crippen LogP contribution in [0.3, 0.4) is 0 Å². The second kappa shape index (κ2) is 4.36. The lowest BCUT2D eigenvalue weighted by Crippen LogP contribution is -2.36. The van der Waals surface area contributed by atoms with Gasteiger partial charge in [-0.15, -0.1) is 12.4 Å². The lowest BCUT2D eigenvalue weighted by atomic mass is 10.2. The Morgan fingerprint density at radius 1 is 1.50 bits per heavy atom. The van der Waals surface area contributed by atoms with Gasteiger partial charge in [0.1, 0.15) is 6.04 Å². The first kappa shape index (κ1) is 12.2. The largest absolute Gasteiger partial charge is 0.404 e. The Morgan fingerprint density at radius 2 is 1.90 bits per heavy atom.